The monoisotopic (exact) mass is 303 g/mol. The molecular weight excluding hydrogens is 292 g/mol. The second kappa shape index (κ2) is 6.26. The molecule has 1 heterocycles. The van der Waals surface area contributed by atoms with E-state index in [-0.39, 0.29) is 30.0 Å². The molecule has 1 aliphatic heterocycles. The van der Waals surface area contributed by atoms with Crippen molar-refractivity contribution in [2.24, 2.45) is 0 Å². The summed E-state index contributed by atoms with van der Waals surface area (Å²) in [6.07, 6.45) is 0. The Morgan fingerprint density at radius 3 is 2.05 bits per heavy atom. The van der Waals surface area contributed by atoms with Crippen LogP contribution in [0, 0.1) is 0 Å². The molecule has 0 bridgehead atoms. The molecule has 7 nitrogen and oxygen atoms in total. The van der Waals surface area contributed by atoms with Gasteiger partial charge < -0.3 is 14.0 Å². The molecule has 21 heavy (non-hydrogen) atoms. The molecule has 9 heteroatoms. The standard InChI is InChI=1S/C12H12NO6P.Li/c1-7(12(16)20(17,18)19-2)13-10(14)8-5-3-4-6-9(8)11(13)15;/h3-7H,1-2H3,(H,17,18);/q;+1/p-1. The van der Waals surface area contributed by atoms with Gasteiger partial charge in [0.05, 0.1) is 11.1 Å². The third kappa shape index (κ3) is 2.89. The van der Waals surface area contributed by atoms with Crippen molar-refractivity contribution in [2.75, 3.05) is 7.11 Å². The molecule has 2 unspecified atom stereocenters. The van der Waals surface area contributed by atoms with Crippen LogP contribution in [0.15, 0.2) is 24.3 Å². The van der Waals surface area contributed by atoms with Gasteiger partial charge in [-0.3, -0.25) is 19.3 Å². The van der Waals surface area contributed by atoms with Crippen molar-refractivity contribution in [1.29, 1.82) is 0 Å². The Kier molecular flexibility index (Phi) is 5.32. The van der Waals surface area contributed by atoms with E-state index in [4.69, 9.17) is 0 Å². The van der Waals surface area contributed by atoms with Crippen LogP contribution in [0.5, 0.6) is 0 Å². The summed E-state index contributed by atoms with van der Waals surface area (Å²) in [6.45, 7) is 1.17. The molecule has 0 saturated carbocycles. The maximum atomic E-state index is 12.1. The number of imide groups is 1. The summed E-state index contributed by atoms with van der Waals surface area (Å²) in [6, 6.07) is 4.60. The second-order valence-electron chi connectivity index (χ2n) is 4.22. The van der Waals surface area contributed by atoms with E-state index in [0.717, 1.165) is 7.11 Å². The molecule has 0 fully saturated rings. The number of carbonyl (C=O) groups excluding carboxylic acids is 3. The van der Waals surface area contributed by atoms with E-state index in [1.807, 2.05) is 0 Å². The molecule has 0 saturated heterocycles. The predicted molar refractivity (Wildman–Crippen MR) is 66.0 cm³/mol. The molecule has 0 aromatic heterocycles. The minimum absolute atomic E-state index is 0. The average Bonchev–Trinajstić information content (AvgIpc) is 2.70. The first-order valence-electron chi connectivity index (χ1n) is 5.69. The SMILES string of the molecule is COP(=O)([O-])C(=O)C(C)N1C(=O)c2ccccc2C1=O.[Li+]. The molecular formula is C12H11LiNO6P. The minimum Gasteiger partial charge on any atom is -0.773 e. The summed E-state index contributed by atoms with van der Waals surface area (Å²) in [5.41, 5.74) is -1.01. The van der Waals surface area contributed by atoms with Crippen molar-refractivity contribution in [3.05, 3.63) is 35.4 Å². The fraction of sp³-hybridized carbons (Fsp3) is 0.250. The number of amides is 2. The van der Waals surface area contributed by atoms with E-state index in [0.29, 0.717) is 4.90 Å². The number of nitrogens with zero attached hydrogens (tertiary/aromatic N) is 1. The third-order valence-electron chi connectivity index (χ3n) is 3.08. The molecule has 1 aliphatic rings. The van der Waals surface area contributed by atoms with Gasteiger partial charge in [0.25, 0.3) is 11.8 Å². The van der Waals surface area contributed by atoms with Gasteiger partial charge in [-0.2, -0.15) is 0 Å². The van der Waals surface area contributed by atoms with E-state index in [9.17, 15) is 23.8 Å². The maximum absolute atomic E-state index is 12.1. The topological polar surface area (TPSA) is 104 Å². The van der Waals surface area contributed by atoms with E-state index in [1.54, 1.807) is 12.1 Å². The first-order chi connectivity index (χ1) is 9.31. The van der Waals surface area contributed by atoms with Crippen LogP contribution >= 0.6 is 7.60 Å². The van der Waals surface area contributed by atoms with Gasteiger partial charge in [0, 0.05) is 7.11 Å². The number of hydrogen-bond donors (Lipinski definition) is 0. The second-order valence-corrected chi connectivity index (χ2v) is 6.02. The largest absolute Gasteiger partial charge is 1.00 e. The van der Waals surface area contributed by atoms with Gasteiger partial charge in [-0.25, -0.2) is 0 Å². The van der Waals surface area contributed by atoms with E-state index >= 15 is 0 Å². The summed E-state index contributed by atoms with van der Waals surface area (Å²) in [5, 5.41) is 0. The van der Waals surface area contributed by atoms with Gasteiger partial charge in [0.1, 0.15) is 6.04 Å². The summed E-state index contributed by atoms with van der Waals surface area (Å²) in [5.74, 6) is -1.38. The van der Waals surface area contributed by atoms with Crippen molar-refractivity contribution in [3.63, 3.8) is 0 Å². The Morgan fingerprint density at radius 2 is 1.67 bits per heavy atom. The fourth-order valence-electron chi connectivity index (χ4n) is 1.99. The van der Waals surface area contributed by atoms with Crippen LogP contribution in [0.3, 0.4) is 0 Å². The smallest absolute Gasteiger partial charge is 0.773 e. The average molecular weight is 303 g/mol. The molecule has 0 N–H and O–H groups in total. The zero-order valence-corrected chi connectivity index (χ0v) is 12.6. The number of fused-ring (bicyclic) bond motifs is 1. The Hall–Kier alpha value is -1.22. The van der Waals surface area contributed by atoms with Crippen LogP contribution in [-0.4, -0.2) is 35.4 Å². The molecule has 1 aromatic carbocycles. The van der Waals surface area contributed by atoms with Crippen LogP contribution in [0.25, 0.3) is 0 Å². The number of hydrogen-bond acceptors (Lipinski definition) is 6. The van der Waals surface area contributed by atoms with Gasteiger partial charge in [-0.05, 0) is 19.1 Å². The summed E-state index contributed by atoms with van der Waals surface area (Å²) < 4.78 is 15.5. The molecule has 1 aromatic rings. The summed E-state index contributed by atoms with van der Waals surface area (Å²) in [4.78, 5) is 48.0. The molecule has 106 valence electrons. The molecule has 0 aliphatic carbocycles. The Bertz CT molecular complexity index is 626. The van der Waals surface area contributed by atoms with Crippen molar-refractivity contribution in [2.45, 2.75) is 13.0 Å². The van der Waals surface area contributed by atoms with Crippen molar-refractivity contribution in [1.82, 2.24) is 4.90 Å². The van der Waals surface area contributed by atoms with Crippen LogP contribution < -0.4 is 23.8 Å². The number of carbonyl (C=O) groups is 3. The molecule has 2 amide bonds. The van der Waals surface area contributed by atoms with Crippen molar-refractivity contribution in [3.8, 4) is 0 Å². The van der Waals surface area contributed by atoms with Gasteiger partial charge in [0.2, 0.25) is 13.1 Å². The maximum Gasteiger partial charge on any atom is 1.00 e. The Labute approximate surface area is 133 Å². The number of rotatable bonds is 4. The van der Waals surface area contributed by atoms with E-state index < -0.39 is 31.0 Å². The Balaban J connectivity index is 0.00000220. The van der Waals surface area contributed by atoms with Gasteiger partial charge in [-0.15, -0.1) is 0 Å². The molecule has 2 atom stereocenters. The molecule has 2 rings (SSSR count). The summed E-state index contributed by atoms with van der Waals surface area (Å²) in [7, 11) is -3.91. The van der Waals surface area contributed by atoms with Crippen LogP contribution in [0.1, 0.15) is 27.6 Å². The zero-order valence-electron chi connectivity index (χ0n) is 11.7. The Morgan fingerprint density at radius 1 is 1.24 bits per heavy atom. The molecule has 0 spiro atoms. The first kappa shape index (κ1) is 17.8. The zero-order chi connectivity index (χ0) is 15.1. The summed E-state index contributed by atoms with van der Waals surface area (Å²) >= 11 is 0. The minimum atomic E-state index is -4.76. The van der Waals surface area contributed by atoms with Gasteiger partial charge in [-0.1, -0.05) is 12.1 Å². The van der Waals surface area contributed by atoms with Crippen LogP contribution in [0.4, 0.5) is 0 Å². The normalized spacial score (nSPS) is 17.8. The van der Waals surface area contributed by atoms with Crippen molar-refractivity contribution >= 4 is 24.9 Å². The van der Waals surface area contributed by atoms with Crippen LogP contribution in [-0.2, 0) is 13.9 Å². The predicted octanol–water partition coefficient (Wildman–Crippen LogP) is -2.60. The first-order valence-corrected chi connectivity index (χ1v) is 7.23. The van der Waals surface area contributed by atoms with E-state index in [2.05, 4.69) is 4.52 Å². The quantitative estimate of drug-likeness (QED) is 0.343. The number of benzene rings is 1. The van der Waals surface area contributed by atoms with Gasteiger partial charge in [0.15, 0.2) is 0 Å². The van der Waals surface area contributed by atoms with E-state index in [1.165, 1.54) is 19.1 Å². The van der Waals surface area contributed by atoms with Crippen molar-refractivity contribution < 1.29 is 47.2 Å². The third-order valence-corrected chi connectivity index (χ3v) is 4.47. The fourth-order valence-corrected chi connectivity index (χ4v) is 2.74. The van der Waals surface area contributed by atoms with Crippen LogP contribution in [0.2, 0.25) is 0 Å². The van der Waals surface area contributed by atoms with Gasteiger partial charge >= 0.3 is 18.9 Å². The molecule has 0 radical (unpaired) electrons.